The van der Waals surface area contributed by atoms with E-state index >= 15 is 0 Å². The van der Waals surface area contributed by atoms with Gasteiger partial charge in [-0.3, -0.25) is 0 Å². The van der Waals surface area contributed by atoms with Gasteiger partial charge in [0.25, 0.3) is 0 Å². The molecule has 0 aliphatic heterocycles. The van der Waals surface area contributed by atoms with E-state index in [-0.39, 0.29) is 6.10 Å². The summed E-state index contributed by atoms with van der Waals surface area (Å²) in [5.74, 6) is 0.746. The van der Waals surface area contributed by atoms with Crippen LogP contribution in [-0.4, -0.2) is 11.2 Å². The fourth-order valence-electron chi connectivity index (χ4n) is 1.95. The molecular weight excluding hydrogens is 224 g/mol. The average molecular weight is 242 g/mol. The summed E-state index contributed by atoms with van der Waals surface area (Å²) in [4.78, 5) is 0. The van der Waals surface area contributed by atoms with Gasteiger partial charge in [0.05, 0.1) is 6.10 Å². The number of rotatable bonds is 4. The Morgan fingerprint density at radius 3 is 2.56 bits per heavy atom. The fourth-order valence-corrected chi connectivity index (χ4v) is 1.95. The third-order valence-electron chi connectivity index (χ3n) is 3.00. The van der Waals surface area contributed by atoms with Crippen molar-refractivity contribution in [2.75, 3.05) is 0 Å². The molecule has 0 spiro atoms. The van der Waals surface area contributed by atoms with Crippen molar-refractivity contribution < 1.29 is 9.84 Å². The lowest BCUT2D eigenvalue weighted by Gasteiger charge is -2.18. The molecule has 2 rings (SSSR count). The van der Waals surface area contributed by atoms with Crippen LogP contribution in [0, 0.1) is 0 Å². The molecule has 0 aromatic heterocycles. The maximum Gasteiger partial charge on any atom is 0.133 e. The molecule has 0 aliphatic rings. The van der Waals surface area contributed by atoms with Crippen molar-refractivity contribution in [3.05, 3.63) is 54.6 Å². The van der Waals surface area contributed by atoms with Crippen molar-refractivity contribution in [2.45, 2.75) is 26.1 Å². The molecule has 1 N–H and O–H groups in total. The van der Waals surface area contributed by atoms with Gasteiger partial charge in [0, 0.05) is 10.9 Å². The van der Waals surface area contributed by atoms with E-state index in [1.165, 1.54) is 0 Å². The van der Waals surface area contributed by atoms with E-state index in [0.29, 0.717) is 0 Å². The van der Waals surface area contributed by atoms with Gasteiger partial charge in [-0.1, -0.05) is 49.1 Å². The van der Waals surface area contributed by atoms with Crippen molar-refractivity contribution in [3.63, 3.8) is 0 Å². The third kappa shape index (κ3) is 2.39. The van der Waals surface area contributed by atoms with E-state index in [1.54, 1.807) is 13.0 Å². The standard InChI is InChI=1S/C16H18O2/c1-4-11(2)18-16-14(12(3)17)10-9-13-7-5-6-8-15(13)16/h4-12,17H,1H2,2-3H3/t11?,12-/m0/s1. The minimum Gasteiger partial charge on any atom is -0.486 e. The summed E-state index contributed by atoms with van der Waals surface area (Å²) in [6.07, 6.45) is 1.10. The monoisotopic (exact) mass is 242 g/mol. The van der Waals surface area contributed by atoms with Crippen molar-refractivity contribution in [3.8, 4) is 5.75 Å². The molecule has 2 aromatic rings. The normalized spacial score (nSPS) is 14.2. The Hall–Kier alpha value is -1.80. The van der Waals surface area contributed by atoms with Gasteiger partial charge in [-0.2, -0.15) is 0 Å². The van der Waals surface area contributed by atoms with Crippen molar-refractivity contribution in [1.29, 1.82) is 0 Å². The molecule has 18 heavy (non-hydrogen) atoms. The van der Waals surface area contributed by atoms with Gasteiger partial charge in [-0.25, -0.2) is 0 Å². The number of aliphatic hydroxyl groups is 1. The second-order valence-electron chi connectivity index (χ2n) is 4.44. The van der Waals surface area contributed by atoms with E-state index in [1.807, 2.05) is 43.3 Å². The highest BCUT2D eigenvalue weighted by Crippen LogP contribution is 2.34. The molecule has 0 fully saturated rings. The predicted molar refractivity (Wildman–Crippen MR) is 74.9 cm³/mol. The first-order valence-corrected chi connectivity index (χ1v) is 6.12. The molecule has 0 bridgehead atoms. The summed E-state index contributed by atoms with van der Waals surface area (Å²) in [6.45, 7) is 7.40. The Morgan fingerprint density at radius 2 is 1.89 bits per heavy atom. The lowest BCUT2D eigenvalue weighted by molar-refractivity contribution is 0.188. The van der Waals surface area contributed by atoms with Crippen molar-refractivity contribution in [1.82, 2.24) is 0 Å². The van der Waals surface area contributed by atoms with E-state index in [0.717, 1.165) is 22.1 Å². The smallest absolute Gasteiger partial charge is 0.133 e. The lowest BCUT2D eigenvalue weighted by atomic mass is 10.0. The average Bonchev–Trinajstić information content (AvgIpc) is 2.38. The Morgan fingerprint density at radius 1 is 1.17 bits per heavy atom. The zero-order valence-electron chi connectivity index (χ0n) is 10.8. The van der Waals surface area contributed by atoms with Gasteiger partial charge in [0.15, 0.2) is 0 Å². The van der Waals surface area contributed by atoms with E-state index in [9.17, 15) is 5.11 Å². The molecule has 1 unspecified atom stereocenters. The van der Waals surface area contributed by atoms with Crippen LogP contribution >= 0.6 is 0 Å². The molecule has 2 heteroatoms. The molecule has 2 nitrogen and oxygen atoms in total. The molecule has 2 atom stereocenters. The van der Waals surface area contributed by atoms with Crippen LogP contribution in [0.25, 0.3) is 10.8 Å². The van der Waals surface area contributed by atoms with E-state index < -0.39 is 6.10 Å². The SMILES string of the molecule is C=CC(C)Oc1c([C@H](C)O)ccc2ccccc12. The van der Waals surface area contributed by atoms with E-state index in [4.69, 9.17) is 4.74 Å². The highest BCUT2D eigenvalue weighted by Gasteiger charge is 2.14. The second kappa shape index (κ2) is 5.23. The number of hydrogen-bond donors (Lipinski definition) is 1. The van der Waals surface area contributed by atoms with Crippen LogP contribution in [0.3, 0.4) is 0 Å². The van der Waals surface area contributed by atoms with Crippen LogP contribution in [0.4, 0.5) is 0 Å². The van der Waals surface area contributed by atoms with Gasteiger partial charge < -0.3 is 9.84 Å². The molecule has 0 amide bonds. The summed E-state index contributed by atoms with van der Waals surface area (Å²) in [5, 5.41) is 12.0. The van der Waals surface area contributed by atoms with Gasteiger partial charge in [-0.05, 0) is 19.2 Å². The first kappa shape index (κ1) is 12.7. The zero-order chi connectivity index (χ0) is 13.1. The van der Waals surface area contributed by atoms with Crippen LogP contribution in [0.1, 0.15) is 25.5 Å². The Balaban J connectivity index is 2.62. The van der Waals surface area contributed by atoms with Crippen molar-refractivity contribution >= 4 is 10.8 Å². The molecule has 94 valence electrons. The van der Waals surface area contributed by atoms with Gasteiger partial charge in [0.1, 0.15) is 11.9 Å². The molecule has 0 saturated heterocycles. The minimum absolute atomic E-state index is 0.0895. The molecule has 0 saturated carbocycles. The zero-order valence-corrected chi connectivity index (χ0v) is 10.8. The Kier molecular flexibility index (Phi) is 3.68. The molecule has 0 radical (unpaired) electrons. The highest BCUT2D eigenvalue weighted by atomic mass is 16.5. The van der Waals surface area contributed by atoms with Crippen LogP contribution in [0.2, 0.25) is 0 Å². The number of hydrogen-bond acceptors (Lipinski definition) is 2. The maximum atomic E-state index is 9.84. The first-order chi connectivity index (χ1) is 8.63. The summed E-state index contributed by atoms with van der Waals surface area (Å²) in [6, 6.07) is 11.9. The van der Waals surface area contributed by atoms with Gasteiger partial charge in [0.2, 0.25) is 0 Å². The van der Waals surface area contributed by atoms with Gasteiger partial charge >= 0.3 is 0 Å². The fraction of sp³-hybridized carbons (Fsp3) is 0.250. The summed E-state index contributed by atoms with van der Waals surface area (Å²) < 4.78 is 5.89. The van der Waals surface area contributed by atoms with Crippen LogP contribution in [0.15, 0.2) is 49.1 Å². The number of aliphatic hydroxyl groups excluding tert-OH is 1. The molecule has 0 aliphatic carbocycles. The van der Waals surface area contributed by atoms with Crippen LogP contribution < -0.4 is 4.74 Å². The highest BCUT2D eigenvalue weighted by molar-refractivity contribution is 5.89. The van der Waals surface area contributed by atoms with Crippen molar-refractivity contribution in [2.24, 2.45) is 0 Å². The molecule has 0 heterocycles. The largest absolute Gasteiger partial charge is 0.486 e. The quantitative estimate of drug-likeness (QED) is 0.825. The molecule has 2 aromatic carbocycles. The summed E-state index contributed by atoms with van der Waals surface area (Å²) in [7, 11) is 0. The van der Waals surface area contributed by atoms with E-state index in [2.05, 4.69) is 6.58 Å². The van der Waals surface area contributed by atoms with Crippen LogP contribution in [0.5, 0.6) is 5.75 Å². The summed E-state index contributed by atoms with van der Waals surface area (Å²) in [5.41, 5.74) is 0.808. The third-order valence-corrected chi connectivity index (χ3v) is 3.00. The predicted octanol–water partition coefficient (Wildman–Crippen LogP) is 3.85. The maximum absolute atomic E-state index is 9.84. The molecular formula is C16H18O2. The van der Waals surface area contributed by atoms with Gasteiger partial charge in [-0.15, -0.1) is 0 Å². The number of ether oxygens (including phenoxy) is 1. The summed E-state index contributed by atoms with van der Waals surface area (Å²) >= 11 is 0. The topological polar surface area (TPSA) is 29.5 Å². The second-order valence-corrected chi connectivity index (χ2v) is 4.44. The van der Waals surface area contributed by atoms with Crippen LogP contribution in [-0.2, 0) is 0 Å². The lowest BCUT2D eigenvalue weighted by Crippen LogP contribution is -2.10. The number of fused-ring (bicyclic) bond motifs is 1. The minimum atomic E-state index is -0.554. The Labute approximate surface area is 108 Å². The first-order valence-electron chi connectivity index (χ1n) is 6.12. The number of benzene rings is 2. The Bertz CT molecular complexity index is 558.